The Morgan fingerprint density at radius 1 is 1.15 bits per heavy atom. The molecule has 3 N–H and O–H groups in total. The Kier molecular flexibility index (Phi) is 6.93. The van der Waals surface area contributed by atoms with Gasteiger partial charge in [0.05, 0.1) is 0 Å². The van der Waals surface area contributed by atoms with Crippen molar-refractivity contribution in [1.29, 1.82) is 0 Å². The SMILES string of the molecule is C=CC[CH]CCc1ccccc1.N. The topological polar surface area (TPSA) is 35.0 Å². The molecule has 13 heavy (non-hydrogen) atoms. The maximum absolute atomic E-state index is 3.67. The van der Waals surface area contributed by atoms with E-state index in [1.165, 1.54) is 5.56 Å². The summed E-state index contributed by atoms with van der Waals surface area (Å²) >= 11 is 0. The second kappa shape index (κ2) is 7.56. The van der Waals surface area contributed by atoms with E-state index in [-0.39, 0.29) is 6.15 Å². The summed E-state index contributed by atoms with van der Waals surface area (Å²) in [7, 11) is 0. The lowest BCUT2D eigenvalue weighted by molar-refractivity contribution is 0.905. The monoisotopic (exact) mass is 176 g/mol. The average molecular weight is 176 g/mol. The molecule has 1 radical (unpaired) electrons. The van der Waals surface area contributed by atoms with E-state index >= 15 is 0 Å². The van der Waals surface area contributed by atoms with Crippen molar-refractivity contribution in [2.75, 3.05) is 0 Å². The lowest BCUT2D eigenvalue weighted by atomic mass is 10.1. The zero-order valence-electron chi connectivity index (χ0n) is 8.08. The highest BCUT2D eigenvalue weighted by Gasteiger charge is 1.90. The number of rotatable bonds is 5. The number of hydrogen-bond donors (Lipinski definition) is 1. The molecule has 1 rings (SSSR count). The fourth-order valence-electron chi connectivity index (χ4n) is 1.15. The van der Waals surface area contributed by atoms with E-state index in [4.69, 9.17) is 0 Å². The van der Waals surface area contributed by atoms with Gasteiger partial charge in [0.25, 0.3) is 0 Å². The van der Waals surface area contributed by atoms with Gasteiger partial charge in [0.15, 0.2) is 0 Å². The van der Waals surface area contributed by atoms with Crippen molar-refractivity contribution >= 4 is 0 Å². The quantitative estimate of drug-likeness (QED) is 0.540. The van der Waals surface area contributed by atoms with Crippen molar-refractivity contribution in [1.82, 2.24) is 6.15 Å². The molecule has 0 heterocycles. The summed E-state index contributed by atoms with van der Waals surface area (Å²) < 4.78 is 0. The summed E-state index contributed by atoms with van der Waals surface area (Å²) in [5, 5.41) is 0. The van der Waals surface area contributed by atoms with Crippen LogP contribution in [0.3, 0.4) is 0 Å². The molecule has 1 aromatic rings. The van der Waals surface area contributed by atoms with Crippen molar-refractivity contribution < 1.29 is 0 Å². The molecular formula is C12H18N. The second-order valence-electron chi connectivity index (χ2n) is 2.84. The number of hydrogen-bond acceptors (Lipinski definition) is 1. The highest BCUT2D eigenvalue weighted by Crippen LogP contribution is 2.05. The predicted molar refractivity (Wildman–Crippen MR) is 58.9 cm³/mol. The summed E-state index contributed by atoms with van der Waals surface area (Å²) in [6, 6.07) is 10.6. The molecule has 1 heteroatoms. The molecule has 0 atom stereocenters. The minimum absolute atomic E-state index is 0. The van der Waals surface area contributed by atoms with Crippen molar-refractivity contribution in [3.05, 3.63) is 55.0 Å². The number of allylic oxidation sites excluding steroid dienone is 1. The number of aryl methyl sites for hydroxylation is 1. The Balaban J connectivity index is 0.00000144. The largest absolute Gasteiger partial charge is 0.344 e. The van der Waals surface area contributed by atoms with Gasteiger partial charge in [-0.1, -0.05) is 36.4 Å². The van der Waals surface area contributed by atoms with Crippen LogP contribution >= 0.6 is 0 Å². The maximum Gasteiger partial charge on any atom is -0.0276 e. The highest BCUT2D eigenvalue weighted by molar-refractivity contribution is 5.14. The minimum atomic E-state index is 0. The van der Waals surface area contributed by atoms with Gasteiger partial charge in [0.1, 0.15) is 0 Å². The van der Waals surface area contributed by atoms with Crippen LogP contribution in [0.15, 0.2) is 43.0 Å². The van der Waals surface area contributed by atoms with Crippen LogP contribution in [-0.4, -0.2) is 0 Å². The normalized spacial score (nSPS) is 8.92. The van der Waals surface area contributed by atoms with Crippen molar-refractivity contribution in [2.45, 2.75) is 19.3 Å². The minimum Gasteiger partial charge on any atom is -0.344 e. The molecule has 0 aromatic heterocycles. The molecule has 1 nitrogen and oxygen atoms in total. The summed E-state index contributed by atoms with van der Waals surface area (Å²) in [6.07, 6.45) is 7.52. The first-order valence-electron chi connectivity index (χ1n) is 4.40. The van der Waals surface area contributed by atoms with E-state index in [1.807, 2.05) is 6.08 Å². The van der Waals surface area contributed by atoms with E-state index in [1.54, 1.807) is 0 Å². The molecule has 0 aliphatic rings. The van der Waals surface area contributed by atoms with E-state index in [9.17, 15) is 0 Å². The summed E-state index contributed by atoms with van der Waals surface area (Å²) in [4.78, 5) is 0. The molecule has 0 fully saturated rings. The summed E-state index contributed by atoms with van der Waals surface area (Å²) in [5.41, 5.74) is 1.41. The summed E-state index contributed by atoms with van der Waals surface area (Å²) in [6.45, 7) is 3.67. The Labute approximate surface area is 81.1 Å². The van der Waals surface area contributed by atoms with Gasteiger partial charge in [-0.2, -0.15) is 0 Å². The van der Waals surface area contributed by atoms with Crippen LogP contribution in [0.1, 0.15) is 18.4 Å². The Bertz CT molecular complexity index is 216. The first-order valence-corrected chi connectivity index (χ1v) is 4.40. The van der Waals surface area contributed by atoms with Crippen molar-refractivity contribution in [3.8, 4) is 0 Å². The molecule has 0 bridgehead atoms. The molecule has 0 unspecified atom stereocenters. The van der Waals surface area contributed by atoms with Crippen molar-refractivity contribution in [2.24, 2.45) is 0 Å². The van der Waals surface area contributed by atoms with Crippen LogP contribution in [0, 0.1) is 6.42 Å². The first-order chi connectivity index (χ1) is 5.93. The van der Waals surface area contributed by atoms with Crippen LogP contribution in [0.25, 0.3) is 0 Å². The Hall–Kier alpha value is -1.08. The third kappa shape index (κ3) is 5.21. The fraction of sp³-hybridized carbons (Fsp3) is 0.250. The second-order valence-corrected chi connectivity index (χ2v) is 2.84. The van der Waals surface area contributed by atoms with Gasteiger partial charge in [-0.3, -0.25) is 0 Å². The molecule has 1 aromatic carbocycles. The maximum atomic E-state index is 3.67. The zero-order valence-corrected chi connectivity index (χ0v) is 8.08. The van der Waals surface area contributed by atoms with Gasteiger partial charge in [0, 0.05) is 0 Å². The third-order valence-corrected chi connectivity index (χ3v) is 1.81. The molecule has 0 spiro atoms. The van der Waals surface area contributed by atoms with Gasteiger partial charge in [-0.15, -0.1) is 6.58 Å². The molecule has 0 saturated carbocycles. The summed E-state index contributed by atoms with van der Waals surface area (Å²) in [5.74, 6) is 0. The Morgan fingerprint density at radius 2 is 1.85 bits per heavy atom. The predicted octanol–water partition coefficient (Wildman–Crippen LogP) is 3.56. The standard InChI is InChI=1S/C12H15.H3N/c1-2-3-4-6-9-12-10-7-5-8-11-12;/h2,4-5,7-8,10-11H,1,3,6,9H2;1H3. The smallest absolute Gasteiger partial charge is 0.0276 e. The van der Waals surface area contributed by atoms with E-state index in [2.05, 4.69) is 43.3 Å². The Morgan fingerprint density at radius 3 is 2.46 bits per heavy atom. The molecule has 0 aliphatic carbocycles. The van der Waals surface area contributed by atoms with Crippen LogP contribution < -0.4 is 6.15 Å². The molecule has 0 aliphatic heterocycles. The van der Waals surface area contributed by atoms with E-state index < -0.39 is 0 Å². The van der Waals surface area contributed by atoms with Gasteiger partial charge in [0.2, 0.25) is 0 Å². The van der Waals surface area contributed by atoms with Crippen LogP contribution in [0.2, 0.25) is 0 Å². The zero-order chi connectivity index (χ0) is 8.65. The fourth-order valence-corrected chi connectivity index (χ4v) is 1.15. The lowest BCUT2D eigenvalue weighted by Gasteiger charge is -1.98. The van der Waals surface area contributed by atoms with Gasteiger partial charge < -0.3 is 6.15 Å². The lowest BCUT2D eigenvalue weighted by Crippen LogP contribution is -1.84. The number of benzene rings is 1. The molecule has 0 amide bonds. The van der Waals surface area contributed by atoms with E-state index in [0.717, 1.165) is 19.3 Å². The first kappa shape index (κ1) is 11.9. The highest BCUT2D eigenvalue weighted by atomic mass is 14.0. The molecule has 71 valence electrons. The number of unbranched alkanes of at least 4 members (excludes halogenated alkanes) is 2. The van der Waals surface area contributed by atoms with E-state index in [0.29, 0.717) is 0 Å². The molecular weight excluding hydrogens is 158 g/mol. The third-order valence-electron chi connectivity index (χ3n) is 1.81. The average Bonchev–Trinajstić information content (AvgIpc) is 2.14. The van der Waals surface area contributed by atoms with Crippen LogP contribution in [-0.2, 0) is 6.42 Å². The molecule has 0 saturated heterocycles. The van der Waals surface area contributed by atoms with Gasteiger partial charge >= 0.3 is 0 Å². The van der Waals surface area contributed by atoms with Gasteiger partial charge in [-0.05, 0) is 31.2 Å². The van der Waals surface area contributed by atoms with Crippen LogP contribution in [0.5, 0.6) is 0 Å². The van der Waals surface area contributed by atoms with Crippen LogP contribution in [0.4, 0.5) is 0 Å². The van der Waals surface area contributed by atoms with Gasteiger partial charge in [-0.25, -0.2) is 0 Å². The van der Waals surface area contributed by atoms with Crippen molar-refractivity contribution in [3.63, 3.8) is 0 Å².